The summed E-state index contributed by atoms with van der Waals surface area (Å²) in [6.07, 6.45) is 1.90. The fraction of sp³-hybridized carbons (Fsp3) is 0.182. The van der Waals surface area contributed by atoms with Gasteiger partial charge in [-0.1, -0.05) is 17.7 Å². The number of aromatic nitrogens is 3. The number of aromatic amines is 1. The van der Waals surface area contributed by atoms with Crippen LogP contribution in [-0.2, 0) is 27.5 Å². The van der Waals surface area contributed by atoms with Gasteiger partial charge in [0.25, 0.3) is 5.56 Å². The first-order valence-corrected chi connectivity index (χ1v) is 13.1. The number of carbonyl (C=O) groups excluding carboxylic acids is 1. The molecule has 3 aromatic heterocycles. The number of nitrogens with one attached hydrogen (secondary N) is 2. The number of Topliss-reactive ketones (excluding diaryl/α,β-unsaturated/α-hetero) is 1. The van der Waals surface area contributed by atoms with Crippen molar-refractivity contribution in [1.82, 2.24) is 14.5 Å². The zero-order valence-electron chi connectivity index (χ0n) is 17.5. The van der Waals surface area contributed by atoms with Gasteiger partial charge >= 0.3 is 5.69 Å². The van der Waals surface area contributed by atoms with Gasteiger partial charge in [0, 0.05) is 30.4 Å². The molecule has 0 aliphatic carbocycles. The highest BCUT2D eigenvalue weighted by Gasteiger charge is 2.22. The molecule has 0 radical (unpaired) electrons. The monoisotopic (exact) mass is 516 g/mol. The summed E-state index contributed by atoms with van der Waals surface area (Å²) in [6, 6.07) is 9.30. The van der Waals surface area contributed by atoms with E-state index in [4.69, 9.17) is 11.6 Å². The molecule has 9 nitrogen and oxygen atoms in total. The lowest BCUT2D eigenvalue weighted by molar-refractivity contribution is -0.116. The van der Waals surface area contributed by atoms with E-state index in [0.29, 0.717) is 27.2 Å². The molecule has 0 amide bonds. The molecule has 1 aliphatic rings. The molecule has 2 N–H and O–H groups in total. The molecule has 0 saturated heterocycles. The molecule has 1 aliphatic heterocycles. The number of pyridine rings is 1. The van der Waals surface area contributed by atoms with Crippen molar-refractivity contribution in [2.24, 2.45) is 0 Å². The molecule has 0 unspecified atom stereocenters. The van der Waals surface area contributed by atoms with Crippen LogP contribution >= 0.6 is 22.9 Å². The van der Waals surface area contributed by atoms with E-state index < -0.39 is 32.6 Å². The zero-order chi connectivity index (χ0) is 24.0. The van der Waals surface area contributed by atoms with Crippen molar-refractivity contribution >= 4 is 55.1 Å². The molecular weight excluding hydrogens is 500 g/mol. The Kier molecular flexibility index (Phi) is 5.62. The quantitative estimate of drug-likeness (QED) is 0.402. The maximum atomic E-state index is 13.1. The highest BCUT2D eigenvalue weighted by molar-refractivity contribution is 7.94. The Morgan fingerprint density at radius 2 is 1.97 bits per heavy atom. The fourth-order valence-corrected chi connectivity index (χ4v) is 6.79. The van der Waals surface area contributed by atoms with Crippen LogP contribution in [0.25, 0.3) is 16.7 Å². The first-order chi connectivity index (χ1) is 16.2. The van der Waals surface area contributed by atoms with Crippen molar-refractivity contribution in [3.05, 3.63) is 78.9 Å². The van der Waals surface area contributed by atoms with E-state index in [1.807, 2.05) is 6.07 Å². The topological polar surface area (TPSA) is 131 Å². The smallest absolute Gasteiger partial charge is 0.334 e. The first-order valence-electron chi connectivity index (χ1n) is 10.2. The van der Waals surface area contributed by atoms with E-state index >= 15 is 0 Å². The van der Waals surface area contributed by atoms with Gasteiger partial charge in [-0.25, -0.2) is 22.8 Å². The summed E-state index contributed by atoms with van der Waals surface area (Å²) in [5, 5.41) is 3.59. The van der Waals surface area contributed by atoms with Gasteiger partial charge in [0.05, 0.1) is 15.2 Å². The van der Waals surface area contributed by atoms with Crippen LogP contribution in [0.1, 0.15) is 11.1 Å². The fourth-order valence-electron chi connectivity index (χ4n) is 3.98. The van der Waals surface area contributed by atoms with E-state index in [2.05, 4.69) is 15.3 Å². The van der Waals surface area contributed by atoms with Crippen molar-refractivity contribution in [2.45, 2.75) is 17.1 Å². The summed E-state index contributed by atoms with van der Waals surface area (Å²) in [7, 11) is -3.78. The molecule has 5 rings (SSSR count). The van der Waals surface area contributed by atoms with Gasteiger partial charge in [0.2, 0.25) is 0 Å². The number of rotatable bonds is 6. The SMILES string of the molecule is O=C(Cc1ccc(-n2c(=O)[nH]c3c4c(ccc3c2=O)NCC4)nc1)CS(=O)(=O)c1ccc(Cl)s1. The minimum absolute atomic E-state index is 0.0376. The second-order valence-corrected chi connectivity index (χ2v) is 11.8. The molecule has 4 heterocycles. The number of halogens is 1. The number of fused-ring (bicyclic) bond motifs is 3. The summed E-state index contributed by atoms with van der Waals surface area (Å²) < 4.78 is 26.0. The number of hydrogen-bond donors (Lipinski definition) is 2. The third-order valence-corrected chi connectivity index (χ3v) is 9.01. The average molecular weight is 517 g/mol. The van der Waals surface area contributed by atoms with Crippen molar-refractivity contribution < 1.29 is 13.2 Å². The van der Waals surface area contributed by atoms with Gasteiger partial charge in [-0.3, -0.25) is 9.59 Å². The van der Waals surface area contributed by atoms with Gasteiger partial charge < -0.3 is 10.3 Å². The largest absolute Gasteiger partial charge is 0.384 e. The third kappa shape index (κ3) is 4.06. The Bertz CT molecular complexity index is 1670. The van der Waals surface area contributed by atoms with Crippen LogP contribution < -0.4 is 16.6 Å². The minimum atomic E-state index is -3.78. The minimum Gasteiger partial charge on any atom is -0.384 e. The normalized spacial score (nSPS) is 13.1. The number of carbonyl (C=O) groups is 1. The van der Waals surface area contributed by atoms with Crippen LogP contribution in [0.2, 0.25) is 4.34 Å². The summed E-state index contributed by atoms with van der Waals surface area (Å²) in [5.74, 6) is -1.07. The second-order valence-electron chi connectivity index (χ2n) is 7.82. The van der Waals surface area contributed by atoms with Crippen molar-refractivity contribution in [2.75, 3.05) is 17.6 Å². The predicted molar refractivity (Wildman–Crippen MR) is 130 cm³/mol. The summed E-state index contributed by atoms with van der Waals surface area (Å²) in [6.45, 7) is 0.740. The number of hydrogen-bond acceptors (Lipinski definition) is 8. The number of nitrogens with zero attached hydrogens (tertiary/aromatic N) is 2. The molecule has 174 valence electrons. The lowest BCUT2D eigenvalue weighted by atomic mass is 10.1. The average Bonchev–Trinajstić information content (AvgIpc) is 3.44. The molecule has 1 aromatic carbocycles. The number of sulfone groups is 1. The van der Waals surface area contributed by atoms with Crippen LogP contribution in [-0.4, -0.2) is 41.0 Å². The molecule has 12 heteroatoms. The number of H-pyrrole nitrogens is 1. The zero-order valence-corrected chi connectivity index (χ0v) is 19.9. The van der Waals surface area contributed by atoms with E-state index in [0.717, 1.165) is 33.7 Å². The Morgan fingerprint density at radius 3 is 2.68 bits per heavy atom. The Balaban J connectivity index is 1.39. The number of thiophene rings is 1. The van der Waals surface area contributed by atoms with Gasteiger partial charge in [0.15, 0.2) is 15.6 Å². The lowest BCUT2D eigenvalue weighted by Gasteiger charge is -2.09. The molecule has 4 aromatic rings. The number of ketones is 1. The predicted octanol–water partition coefficient (Wildman–Crippen LogP) is 2.34. The molecule has 0 fully saturated rings. The van der Waals surface area contributed by atoms with Crippen molar-refractivity contribution in [1.29, 1.82) is 0 Å². The van der Waals surface area contributed by atoms with E-state index in [-0.39, 0.29) is 16.4 Å². The van der Waals surface area contributed by atoms with Gasteiger partial charge in [-0.2, -0.15) is 0 Å². The number of anilines is 1. The van der Waals surface area contributed by atoms with Crippen molar-refractivity contribution in [3.8, 4) is 5.82 Å². The Labute approximate surface area is 202 Å². The van der Waals surface area contributed by atoms with Crippen LogP contribution in [0, 0.1) is 0 Å². The highest BCUT2D eigenvalue weighted by Crippen LogP contribution is 2.28. The van der Waals surface area contributed by atoms with E-state index in [9.17, 15) is 22.8 Å². The van der Waals surface area contributed by atoms with Crippen LogP contribution in [0.15, 0.2) is 56.4 Å². The van der Waals surface area contributed by atoms with Crippen molar-refractivity contribution in [3.63, 3.8) is 0 Å². The van der Waals surface area contributed by atoms with Crippen LogP contribution in [0.4, 0.5) is 5.69 Å². The molecule has 0 spiro atoms. The third-order valence-electron chi connectivity index (χ3n) is 5.52. The second kappa shape index (κ2) is 8.49. The summed E-state index contributed by atoms with van der Waals surface area (Å²) in [5.41, 5.74) is 1.67. The summed E-state index contributed by atoms with van der Waals surface area (Å²) >= 11 is 6.68. The van der Waals surface area contributed by atoms with Crippen LogP contribution in [0.3, 0.4) is 0 Å². The maximum absolute atomic E-state index is 13.1. The molecule has 0 saturated carbocycles. The summed E-state index contributed by atoms with van der Waals surface area (Å²) in [4.78, 5) is 45.1. The number of benzene rings is 1. The van der Waals surface area contributed by atoms with Crippen LogP contribution in [0.5, 0.6) is 0 Å². The van der Waals surface area contributed by atoms with Gasteiger partial charge in [-0.05, 0) is 42.3 Å². The first kappa shape index (κ1) is 22.5. The highest BCUT2D eigenvalue weighted by atomic mass is 35.5. The van der Waals surface area contributed by atoms with E-state index in [1.165, 1.54) is 30.5 Å². The standard InChI is InChI=1S/C22H17ClN4O5S2/c23-17-4-6-19(33-17)34(31,32)11-13(28)9-12-1-5-18(25-10-12)27-21(29)15-2-3-16-14(7-8-24-16)20(15)26-22(27)30/h1-6,10,24H,7-9,11H2,(H,26,30). The Hall–Kier alpha value is -3.28. The van der Waals surface area contributed by atoms with Gasteiger partial charge in [0.1, 0.15) is 15.8 Å². The molecule has 0 bridgehead atoms. The molecule has 0 atom stereocenters. The van der Waals surface area contributed by atoms with Gasteiger partial charge in [-0.15, -0.1) is 11.3 Å². The molecule has 34 heavy (non-hydrogen) atoms. The Morgan fingerprint density at radius 1 is 1.15 bits per heavy atom. The van der Waals surface area contributed by atoms with E-state index in [1.54, 1.807) is 6.07 Å². The lowest BCUT2D eigenvalue weighted by Crippen LogP contribution is -2.34. The maximum Gasteiger partial charge on any atom is 0.334 e. The molecular formula is C22H17ClN4O5S2.